The summed E-state index contributed by atoms with van der Waals surface area (Å²) in [5.74, 6) is 0.703. The largest absolute Gasteiger partial charge is 0.497 e. The van der Waals surface area contributed by atoms with Crippen LogP contribution < -0.4 is 20.7 Å². The number of nitrogens with one attached hydrogen (secondary N) is 1. The van der Waals surface area contributed by atoms with Gasteiger partial charge in [-0.2, -0.15) is 0 Å². The Kier molecular flexibility index (Phi) is 4.10. The van der Waals surface area contributed by atoms with Crippen molar-refractivity contribution in [2.45, 2.75) is 0 Å². The summed E-state index contributed by atoms with van der Waals surface area (Å²) in [6.45, 7) is 0. The van der Waals surface area contributed by atoms with E-state index < -0.39 is 0 Å². The Labute approximate surface area is 118 Å². The quantitative estimate of drug-likeness (QED) is 0.843. The first-order valence-corrected chi connectivity index (χ1v) is 6.14. The minimum absolute atomic E-state index is 0.233. The number of carbonyl (C=O) groups is 1. The molecule has 2 amide bonds. The number of methoxy groups -OCH3 is 1. The van der Waals surface area contributed by atoms with Crippen molar-refractivity contribution in [2.75, 3.05) is 30.1 Å². The molecule has 5 heteroatoms. The van der Waals surface area contributed by atoms with Crippen LogP contribution in [0.15, 0.2) is 48.5 Å². The van der Waals surface area contributed by atoms with Gasteiger partial charge in [0, 0.05) is 30.2 Å². The third kappa shape index (κ3) is 3.20. The van der Waals surface area contributed by atoms with Crippen LogP contribution in [0, 0.1) is 0 Å². The third-order valence-electron chi connectivity index (χ3n) is 2.91. The average molecular weight is 271 g/mol. The number of nitrogen functional groups attached to an aromatic ring is 1. The van der Waals surface area contributed by atoms with Crippen molar-refractivity contribution in [1.82, 2.24) is 0 Å². The first-order chi connectivity index (χ1) is 9.60. The lowest BCUT2D eigenvalue weighted by atomic mass is 10.2. The second-order valence-corrected chi connectivity index (χ2v) is 4.31. The molecule has 0 spiro atoms. The van der Waals surface area contributed by atoms with Crippen LogP contribution in [-0.4, -0.2) is 20.2 Å². The standard InChI is InChI=1S/C15H17N3O2/c1-18(13-4-3-5-14(10-13)20-2)15(19)17-12-8-6-11(16)7-9-12/h3-10H,16H2,1-2H3,(H,17,19). The molecule has 2 aromatic rings. The van der Waals surface area contributed by atoms with Crippen molar-refractivity contribution >= 4 is 23.1 Å². The summed E-state index contributed by atoms with van der Waals surface area (Å²) in [5.41, 5.74) is 7.70. The lowest BCUT2D eigenvalue weighted by molar-refractivity contribution is 0.258. The summed E-state index contributed by atoms with van der Waals surface area (Å²) in [4.78, 5) is 13.7. The van der Waals surface area contributed by atoms with Gasteiger partial charge in [-0.3, -0.25) is 4.90 Å². The Hall–Kier alpha value is -2.69. The Morgan fingerprint density at radius 2 is 1.90 bits per heavy atom. The van der Waals surface area contributed by atoms with Gasteiger partial charge in [0.1, 0.15) is 5.75 Å². The molecule has 0 atom stereocenters. The van der Waals surface area contributed by atoms with Crippen LogP contribution in [-0.2, 0) is 0 Å². The van der Waals surface area contributed by atoms with Gasteiger partial charge in [-0.15, -0.1) is 0 Å². The molecule has 3 N–H and O–H groups in total. The van der Waals surface area contributed by atoms with Crippen molar-refractivity contribution in [3.8, 4) is 5.75 Å². The van der Waals surface area contributed by atoms with Gasteiger partial charge < -0.3 is 15.8 Å². The van der Waals surface area contributed by atoms with E-state index in [9.17, 15) is 4.79 Å². The SMILES string of the molecule is COc1cccc(N(C)C(=O)Nc2ccc(N)cc2)c1. The number of urea groups is 1. The van der Waals surface area contributed by atoms with Crippen LogP contribution in [0.1, 0.15) is 0 Å². The van der Waals surface area contributed by atoms with Gasteiger partial charge in [0.2, 0.25) is 0 Å². The van der Waals surface area contributed by atoms with Crippen LogP contribution in [0.3, 0.4) is 0 Å². The van der Waals surface area contributed by atoms with Crippen molar-refractivity contribution in [1.29, 1.82) is 0 Å². The molecule has 0 saturated carbocycles. The highest BCUT2D eigenvalue weighted by molar-refractivity contribution is 6.01. The number of hydrogen-bond acceptors (Lipinski definition) is 3. The van der Waals surface area contributed by atoms with Gasteiger partial charge in [0.05, 0.1) is 7.11 Å². The summed E-state index contributed by atoms with van der Waals surface area (Å²) >= 11 is 0. The van der Waals surface area contributed by atoms with Crippen LogP contribution in [0.2, 0.25) is 0 Å². The molecule has 0 bridgehead atoms. The fourth-order valence-electron chi connectivity index (χ4n) is 1.71. The summed E-state index contributed by atoms with van der Waals surface area (Å²) < 4.78 is 5.14. The molecule has 0 saturated heterocycles. The molecule has 5 nitrogen and oxygen atoms in total. The Morgan fingerprint density at radius 3 is 2.55 bits per heavy atom. The molecule has 2 rings (SSSR count). The molecule has 0 fully saturated rings. The number of amides is 2. The number of anilines is 3. The van der Waals surface area contributed by atoms with Crippen LogP contribution >= 0.6 is 0 Å². The highest BCUT2D eigenvalue weighted by Crippen LogP contribution is 2.20. The first-order valence-electron chi connectivity index (χ1n) is 6.14. The Balaban J connectivity index is 2.09. The molecule has 0 aromatic heterocycles. The minimum atomic E-state index is -0.233. The number of rotatable bonds is 3. The Morgan fingerprint density at radius 1 is 1.20 bits per heavy atom. The van der Waals surface area contributed by atoms with Crippen LogP contribution in [0.4, 0.5) is 21.9 Å². The lowest BCUT2D eigenvalue weighted by Gasteiger charge is -2.18. The zero-order valence-electron chi connectivity index (χ0n) is 11.5. The zero-order chi connectivity index (χ0) is 14.5. The summed E-state index contributed by atoms with van der Waals surface area (Å²) in [7, 11) is 3.29. The average Bonchev–Trinajstić information content (AvgIpc) is 2.48. The monoisotopic (exact) mass is 271 g/mol. The van der Waals surface area contributed by atoms with Crippen LogP contribution in [0.25, 0.3) is 0 Å². The molecule has 0 heterocycles. The number of hydrogen-bond donors (Lipinski definition) is 2. The van der Waals surface area contributed by atoms with Gasteiger partial charge >= 0.3 is 6.03 Å². The van der Waals surface area contributed by atoms with Crippen molar-refractivity contribution in [3.05, 3.63) is 48.5 Å². The zero-order valence-corrected chi connectivity index (χ0v) is 11.5. The molecule has 0 unspecified atom stereocenters. The fraction of sp³-hybridized carbons (Fsp3) is 0.133. The second kappa shape index (κ2) is 5.97. The predicted octanol–water partition coefficient (Wildman–Crippen LogP) is 2.95. The highest BCUT2D eigenvalue weighted by atomic mass is 16.5. The molecule has 0 aliphatic carbocycles. The maximum Gasteiger partial charge on any atom is 0.326 e. The van der Waals surface area contributed by atoms with E-state index >= 15 is 0 Å². The van der Waals surface area contributed by atoms with Crippen molar-refractivity contribution in [3.63, 3.8) is 0 Å². The maximum atomic E-state index is 12.1. The summed E-state index contributed by atoms with van der Waals surface area (Å²) in [6.07, 6.45) is 0. The van der Waals surface area contributed by atoms with E-state index in [0.717, 1.165) is 5.69 Å². The van der Waals surface area contributed by atoms with Gasteiger partial charge in [0.25, 0.3) is 0 Å². The summed E-state index contributed by atoms with van der Waals surface area (Å²) in [6, 6.07) is 14.1. The normalized spacial score (nSPS) is 9.90. The van der Waals surface area contributed by atoms with Gasteiger partial charge in [-0.25, -0.2) is 4.79 Å². The topological polar surface area (TPSA) is 67.6 Å². The molecule has 0 aliphatic rings. The van der Waals surface area contributed by atoms with Crippen LogP contribution in [0.5, 0.6) is 5.75 Å². The highest BCUT2D eigenvalue weighted by Gasteiger charge is 2.11. The summed E-state index contributed by atoms with van der Waals surface area (Å²) in [5, 5.41) is 2.80. The van der Waals surface area contributed by atoms with E-state index in [2.05, 4.69) is 5.32 Å². The first kappa shape index (κ1) is 13.7. The van der Waals surface area contributed by atoms with Crippen molar-refractivity contribution < 1.29 is 9.53 Å². The third-order valence-corrected chi connectivity index (χ3v) is 2.91. The van der Waals surface area contributed by atoms with E-state index in [0.29, 0.717) is 17.1 Å². The van der Waals surface area contributed by atoms with E-state index in [1.165, 1.54) is 4.90 Å². The smallest absolute Gasteiger partial charge is 0.326 e. The van der Waals surface area contributed by atoms with Gasteiger partial charge in [-0.1, -0.05) is 6.07 Å². The molecule has 20 heavy (non-hydrogen) atoms. The molecule has 0 radical (unpaired) electrons. The van der Waals surface area contributed by atoms with Crippen molar-refractivity contribution in [2.24, 2.45) is 0 Å². The second-order valence-electron chi connectivity index (χ2n) is 4.31. The number of nitrogens with two attached hydrogens (primary N) is 1. The van der Waals surface area contributed by atoms with E-state index in [-0.39, 0.29) is 6.03 Å². The number of carbonyl (C=O) groups excluding carboxylic acids is 1. The van der Waals surface area contributed by atoms with Gasteiger partial charge in [-0.05, 0) is 36.4 Å². The predicted molar refractivity (Wildman–Crippen MR) is 81.3 cm³/mol. The maximum absolute atomic E-state index is 12.1. The molecular weight excluding hydrogens is 254 g/mol. The van der Waals surface area contributed by atoms with Gasteiger partial charge in [0.15, 0.2) is 0 Å². The molecule has 104 valence electrons. The minimum Gasteiger partial charge on any atom is -0.497 e. The Bertz CT molecular complexity index is 596. The lowest BCUT2D eigenvalue weighted by Crippen LogP contribution is -2.31. The van der Waals surface area contributed by atoms with E-state index in [1.807, 2.05) is 18.2 Å². The number of nitrogens with zero attached hydrogens (tertiary/aromatic N) is 1. The molecule has 2 aromatic carbocycles. The van der Waals surface area contributed by atoms with E-state index in [4.69, 9.17) is 10.5 Å². The molecular formula is C15H17N3O2. The number of benzene rings is 2. The fourth-order valence-corrected chi connectivity index (χ4v) is 1.71. The van der Waals surface area contributed by atoms with E-state index in [1.54, 1.807) is 44.5 Å². The number of ether oxygens (including phenoxy) is 1. The molecule has 0 aliphatic heterocycles.